The third-order valence-electron chi connectivity index (χ3n) is 4.60. The predicted octanol–water partition coefficient (Wildman–Crippen LogP) is 2.61. The largest absolute Gasteiger partial charge is 0.455 e. The second-order valence-corrected chi connectivity index (χ2v) is 14.0. The lowest BCUT2D eigenvalue weighted by Gasteiger charge is -2.48. The van der Waals surface area contributed by atoms with Crippen molar-refractivity contribution < 1.29 is 27.9 Å². The van der Waals surface area contributed by atoms with E-state index in [1.807, 2.05) is 0 Å². The van der Waals surface area contributed by atoms with Crippen LogP contribution in [0.3, 0.4) is 0 Å². The van der Waals surface area contributed by atoms with Gasteiger partial charge in [-0.25, -0.2) is 9.48 Å². The highest BCUT2D eigenvalue weighted by molar-refractivity contribution is 8.01. The fourth-order valence-corrected chi connectivity index (χ4v) is 7.76. The monoisotopic (exact) mass is 548 g/mol. The maximum absolute atomic E-state index is 13.3. The van der Waals surface area contributed by atoms with Gasteiger partial charge in [0.2, 0.25) is 11.1 Å². The van der Waals surface area contributed by atoms with Crippen LogP contribution in [0.15, 0.2) is 16.4 Å². The molecule has 1 fully saturated rings. The molecule has 0 aromatic carbocycles. The van der Waals surface area contributed by atoms with Crippen LogP contribution in [-0.2, 0) is 34.2 Å². The molecule has 3 atom stereocenters. The minimum absolute atomic E-state index is 0.165. The number of amides is 1. The number of hydrogen-bond donors (Lipinski definition) is 1. The number of ether oxygens (including phenoxy) is 1. The van der Waals surface area contributed by atoms with Gasteiger partial charge in [0.1, 0.15) is 29.0 Å². The number of nitrogens with two attached hydrogens (primary N) is 1. The fourth-order valence-electron chi connectivity index (χ4n) is 3.42. The minimum atomic E-state index is -3.54. The molecule has 1 aromatic rings. The van der Waals surface area contributed by atoms with E-state index in [1.165, 1.54) is 33.1 Å². The molecule has 3 rings (SSSR count). The molecular formula is C20H33N6O6PS2. The van der Waals surface area contributed by atoms with Crippen LogP contribution in [0.2, 0.25) is 0 Å². The van der Waals surface area contributed by atoms with Crippen LogP contribution in [-0.4, -0.2) is 77.7 Å². The first-order chi connectivity index (χ1) is 16.1. The molecule has 2 unspecified atom stereocenters. The van der Waals surface area contributed by atoms with Gasteiger partial charge in [0.05, 0.1) is 12.2 Å². The van der Waals surface area contributed by atoms with E-state index in [-0.39, 0.29) is 29.9 Å². The van der Waals surface area contributed by atoms with Crippen molar-refractivity contribution in [3.63, 3.8) is 0 Å². The van der Waals surface area contributed by atoms with Crippen LogP contribution < -0.4 is 5.73 Å². The molecule has 1 saturated heterocycles. The Balaban J connectivity index is 1.83. The van der Waals surface area contributed by atoms with Crippen molar-refractivity contribution in [3.8, 4) is 0 Å². The number of hydrogen-bond acceptors (Lipinski definition) is 12. The molecule has 3 heterocycles. The summed E-state index contributed by atoms with van der Waals surface area (Å²) in [5.41, 5.74) is 5.44. The molecule has 2 aliphatic heterocycles. The number of thioether (sulfide) groups is 2. The van der Waals surface area contributed by atoms with E-state index in [9.17, 15) is 14.2 Å². The summed E-state index contributed by atoms with van der Waals surface area (Å²) in [5.74, 6) is -0.0761. The summed E-state index contributed by atoms with van der Waals surface area (Å²) in [6, 6.07) is -0.644. The van der Waals surface area contributed by atoms with Gasteiger partial charge in [0.25, 0.3) is 0 Å². The number of rotatable bonds is 9. The molecule has 0 radical (unpaired) electrons. The average Bonchev–Trinajstić information content (AvgIpc) is 3.14. The summed E-state index contributed by atoms with van der Waals surface area (Å²) in [6.45, 7) is 12.6. The van der Waals surface area contributed by atoms with E-state index in [2.05, 4.69) is 15.5 Å². The molecule has 1 aromatic heterocycles. The van der Waals surface area contributed by atoms with Crippen molar-refractivity contribution in [1.82, 2.24) is 25.1 Å². The Morgan fingerprint density at radius 3 is 2.54 bits per heavy atom. The second kappa shape index (κ2) is 10.5. The minimum Gasteiger partial charge on any atom is -0.455 e. The Hall–Kier alpha value is -1.44. The Morgan fingerprint density at radius 2 is 1.94 bits per heavy atom. The summed E-state index contributed by atoms with van der Waals surface area (Å²) in [6.07, 6.45) is -0.165. The lowest BCUT2D eigenvalue weighted by Crippen LogP contribution is -2.68. The quantitative estimate of drug-likeness (QED) is 0.209. The van der Waals surface area contributed by atoms with Gasteiger partial charge in [-0.15, -0.1) is 16.9 Å². The van der Waals surface area contributed by atoms with Crippen LogP contribution in [0.1, 0.15) is 48.5 Å². The number of esters is 1. The van der Waals surface area contributed by atoms with Gasteiger partial charge in [0.15, 0.2) is 0 Å². The highest BCUT2D eigenvalue weighted by Gasteiger charge is 2.52. The number of carbonyl (C=O) groups is 2. The SMILES string of the molecule is CCOP(=O)(Cn1nnnc1SCC1=C(C(=O)OC(C)(C)C)N2C(=O)C(N)[C@H]2SC1)OC(C)(C)C. The smallest absolute Gasteiger partial charge is 0.355 e. The van der Waals surface area contributed by atoms with Gasteiger partial charge in [0, 0.05) is 11.5 Å². The lowest BCUT2D eigenvalue weighted by molar-refractivity contribution is -0.157. The molecule has 2 aliphatic rings. The van der Waals surface area contributed by atoms with Crippen molar-refractivity contribution in [2.45, 2.75) is 82.5 Å². The molecule has 0 spiro atoms. The summed E-state index contributed by atoms with van der Waals surface area (Å²) in [4.78, 5) is 26.9. The van der Waals surface area contributed by atoms with E-state index >= 15 is 0 Å². The lowest BCUT2D eigenvalue weighted by atomic mass is 10.0. The average molecular weight is 549 g/mol. The maximum Gasteiger partial charge on any atom is 0.355 e. The van der Waals surface area contributed by atoms with Crippen LogP contribution in [0, 0.1) is 0 Å². The van der Waals surface area contributed by atoms with Crippen LogP contribution in [0.5, 0.6) is 0 Å². The summed E-state index contributed by atoms with van der Waals surface area (Å²) >= 11 is 2.75. The topological polar surface area (TPSA) is 152 Å². The number of nitrogens with zero attached hydrogens (tertiary/aromatic N) is 5. The summed E-state index contributed by atoms with van der Waals surface area (Å²) < 4.78 is 31.4. The first-order valence-corrected chi connectivity index (χ1v) is 14.9. The molecule has 15 heteroatoms. The number of β-lactam (4-membered cyclic amide) rings is 1. The first-order valence-electron chi connectivity index (χ1n) is 11.1. The Morgan fingerprint density at radius 1 is 1.26 bits per heavy atom. The molecule has 12 nitrogen and oxygen atoms in total. The van der Waals surface area contributed by atoms with E-state index < -0.39 is 30.8 Å². The van der Waals surface area contributed by atoms with Crippen molar-refractivity contribution in [2.75, 3.05) is 18.1 Å². The molecule has 0 bridgehead atoms. The third-order valence-corrected chi connectivity index (χ3v) is 9.10. The van der Waals surface area contributed by atoms with E-state index in [0.29, 0.717) is 22.2 Å². The third kappa shape index (κ3) is 6.86. The van der Waals surface area contributed by atoms with Crippen molar-refractivity contribution >= 4 is 43.0 Å². The number of aromatic nitrogens is 4. The molecule has 0 aliphatic carbocycles. The molecule has 196 valence electrons. The zero-order valence-corrected chi connectivity index (χ0v) is 23.5. The number of carbonyl (C=O) groups excluding carboxylic acids is 2. The van der Waals surface area contributed by atoms with Gasteiger partial charge in [-0.2, -0.15) is 0 Å². The molecule has 1 amide bonds. The highest BCUT2D eigenvalue weighted by atomic mass is 32.2. The second-order valence-electron chi connectivity index (χ2n) is 10.0. The van der Waals surface area contributed by atoms with Crippen LogP contribution in [0.25, 0.3) is 0 Å². The van der Waals surface area contributed by atoms with Gasteiger partial charge >= 0.3 is 13.6 Å². The molecule has 0 saturated carbocycles. The highest BCUT2D eigenvalue weighted by Crippen LogP contribution is 2.53. The fraction of sp³-hybridized carbons (Fsp3) is 0.750. The maximum atomic E-state index is 13.3. The normalized spacial score (nSPS) is 22.5. The van der Waals surface area contributed by atoms with Crippen LogP contribution in [0.4, 0.5) is 0 Å². The van der Waals surface area contributed by atoms with Gasteiger partial charge in [-0.05, 0) is 64.5 Å². The first kappa shape index (κ1) is 28.1. The van der Waals surface area contributed by atoms with E-state index in [0.717, 1.165) is 0 Å². The van der Waals surface area contributed by atoms with Crippen molar-refractivity contribution in [1.29, 1.82) is 0 Å². The zero-order valence-electron chi connectivity index (χ0n) is 21.0. The zero-order chi connectivity index (χ0) is 26.2. The van der Waals surface area contributed by atoms with E-state index in [1.54, 1.807) is 48.5 Å². The Kier molecular flexibility index (Phi) is 8.45. The van der Waals surface area contributed by atoms with Crippen molar-refractivity contribution in [2.24, 2.45) is 5.73 Å². The van der Waals surface area contributed by atoms with Gasteiger partial charge < -0.3 is 19.5 Å². The number of fused-ring (bicyclic) bond motifs is 1. The predicted molar refractivity (Wildman–Crippen MR) is 133 cm³/mol. The molecule has 35 heavy (non-hydrogen) atoms. The van der Waals surface area contributed by atoms with Gasteiger partial charge in [-0.1, -0.05) is 11.8 Å². The van der Waals surface area contributed by atoms with Crippen molar-refractivity contribution in [3.05, 3.63) is 11.3 Å². The molecule has 2 N–H and O–H groups in total. The Bertz CT molecular complexity index is 1050. The molecular weight excluding hydrogens is 515 g/mol. The number of tetrazole rings is 1. The van der Waals surface area contributed by atoms with Gasteiger partial charge in [-0.3, -0.25) is 14.3 Å². The standard InChI is InChI=1S/C20H33N6O6PS2/c1-8-30-33(29,32-20(5,6)7)11-25-18(22-23-24-25)35-10-12-9-34-16-13(21)15(27)26(16)14(12)17(28)31-19(2,3)4/h13,16H,8-11,21H2,1-7H3/t13?,16-,33?/m1/s1. The summed E-state index contributed by atoms with van der Waals surface area (Å²) in [5, 5.41) is 11.8. The van der Waals surface area contributed by atoms with Crippen LogP contribution >= 0.6 is 31.1 Å². The summed E-state index contributed by atoms with van der Waals surface area (Å²) in [7, 11) is -3.54. The van der Waals surface area contributed by atoms with E-state index in [4.69, 9.17) is 19.5 Å². The Labute approximate surface area is 213 Å².